The van der Waals surface area contributed by atoms with Gasteiger partial charge in [-0.05, 0) is 71.3 Å². The van der Waals surface area contributed by atoms with Crippen LogP contribution in [0.1, 0.15) is 53.6 Å². The van der Waals surface area contributed by atoms with Crippen molar-refractivity contribution in [2.75, 3.05) is 0 Å². The molecule has 1 N–H and O–H groups in total. The predicted octanol–water partition coefficient (Wildman–Crippen LogP) is 7.78. The van der Waals surface area contributed by atoms with Gasteiger partial charge in [-0.1, -0.05) is 68.3 Å². The summed E-state index contributed by atoms with van der Waals surface area (Å²) in [7, 11) is 0. The molecule has 0 amide bonds. The molecular formula is C30H28FNO5. The second-order valence-corrected chi connectivity index (χ2v) is 9.15. The third-order valence-electron chi connectivity index (χ3n) is 6.70. The number of benzene rings is 3. The quantitative estimate of drug-likeness (QED) is 0.140. The molecule has 1 fully saturated rings. The Kier molecular flexibility index (Phi) is 8.13. The molecule has 37 heavy (non-hydrogen) atoms. The molecule has 6 nitrogen and oxygen atoms in total. The molecule has 0 saturated heterocycles. The minimum atomic E-state index is -1.10. The van der Waals surface area contributed by atoms with E-state index in [4.69, 9.17) is 4.74 Å². The molecule has 0 aromatic heterocycles. The van der Waals surface area contributed by atoms with Crippen LogP contribution >= 0.6 is 0 Å². The van der Waals surface area contributed by atoms with Crippen LogP contribution in [0.3, 0.4) is 0 Å². The van der Waals surface area contributed by atoms with Gasteiger partial charge in [0.25, 0.3) is 0 Å². The Hall–Kier alpha value is -4.26. The van der Waals surface area contributed by atoms with E-state index in [1.54, 1.807) is 54.6 Å². The Bertz CT molecular complexity index is 1330. The lowest BCUT2D eigenvalue weighted by Crippen LogP contribution is -2.27. The third kappa shape index (κ3) is 6.30. The van der Waals surface area contributed by atoms with E-state index in [1.807, 2.05) is 0 Å². The van der Waals surface area contributed by atoms with E-state index in [-0.39, 0.29) is 34.8 Å². The van der Waals surface area contributed by atoms with Gasteiger partial charge in [-0.25, -0.2) is 9.18 Å². The van der Waals surface area contributed by atoms with Crippen molar-refractivity contribution in [3.63, 3.8) is 0 Å². The molecule has 190 valence electrons. The number of rotatable bonds is 9. The van der Waals surface area contributed by atoms with E-state index >= 15 is 0 Å². The number of nitrogens with zero attached hydrogens (tertiary/aromatic N) is 1. The Labute approximate surface area is 214 Å². The maximum absolute atomic E-state index is 13.3. The summed E-state index contributed by atoms with van der Waals surface area (Å²) < 4.78 is 19.4. The second kappa shape index (κ2) is 11.6. The molecule has 7 heteroatoms. The number of ether oxygens (including phenoxy) is 1. The molecule has 0 spiro atoms. The van der Waals surface area contributed by atoms with Crippen LogP contribution in [0.4, 0.5) is 10.1 Å². The van der Waals surface area contributed by atoms with Crippen LogP contribution in [0, 0.1) is 21.8 Å². The highest BCUT2D eigenvalue weighted by Gasteiger charge is 2.26. The monoisotopic (exact) mass is 501 g/mol. The van der Waals surface area contributed by atoms with Crippen LogP contribution in [0.25, 0.3) is 23.3 Å². The molecule has 0 heterocycles. The van der Waals surface area contributed by atoms with Gasteiger partial charge in [0.2, 0.25) is 0 Å². The lowest BCUT2D eigenvalue weighted by atomic mass is 9.85. The molecule has 0 bridgehead atoms. The first-order valence-electron chi connectivity index (χ1n) is 12.2. The van der Waals surface area contributed by atoms with E-state index in [9.17, 15) is 24.4 Å². The summed E-state index contributed by atoms with van der Waals surface area (Å²) in [6.45, 7) is 3.87. The predicted molar refractivity (Wildman–Crippen MR) is 142 cm³/mol. The Morgan fingerprint density at radius 2 is 1.73 bits per heavy atom. The fourth-order valence-corrected chi connectivity index (χ4v) is 4.73. The highest BCUT2D eigenvalue weighted by Crippen LogP contribution is 2.34. The molecule has 1 saturated carbocycles. The molecule has 1 unspecified atom stereocenters. The summed E-state index contributed by atoms with van der Waals surface area (Å²) >= 11 is 0. The maximum Gasteiger partial charge on any atom is 0.336 e. The van der Waals surface area contributed by atoms with Crippen LogP contribution in [0.2, 0.25) is 0 Å². The first kappa shape index (κ1) is 25.8. The van der Waals surface area contributed by atoms with Crippen molar-refractivity contribution in [3.8, 4) is 16.9 Å². The normalized spacial score (nSPS) is 14.8. The van der Waals surface area contributed by atoms with Crippen molar-refractivity contribution in [3.05, 3.63) is 106 Å². The van der Waals surface area contributed by atoms with Crippen molar-refractivity contribution in [2.24, 2.45) is 5.92 Å². The zero-order valence-corrected chi connectivity index (χ0v) is 20.3. The topological polar surface area (TPSA) is 89.7 Å². The second-order valence-electron chi connectivity index (χ2n) is 9.15. The highest BCUT2D eigenvalue weighted by molar-refractivity contribution is 5.94. The summed E-state index contributed by atoms with van der Waals surface area (Å²) in [6, 6.07) is 15.4. The fraction of sp³-hybridized carbons (Fsp3) is 0.233. The van der Waals surface area contributed by atoms with E-state index in [0.717, 1.165) is 36.8 Å². The van der Waals surface area contributed by atoms with Crippen molar-refractivity contribution in [1.82, 2.24) is 0 Å². The summed E-state index contributed by atoms with van der Waals surface area (Å²) in [5, 5.41) is 21.5. The number of halogens is 1. The van der Waals surface area contributed by atoms with Crippen molar-refractivity contribution < 1.29 is 24.0 Å². The molecule has 1 atom stereocenters. The number of carbonyl (C=O) groups is 1. The summed E-state index contributed by atoms with van der Waals surface area (Å²) in [4.78, 5) is 23.1. The van der Waals surface area contributed by atoms with Gasteiger partial charge in [-0.3, -0.25) is 10.1 Å². The van der Waals surface area contributed by atoms with Crippen LogP contribution < -0.4 is 4.74 Å². The van der Waals surface area contributed by atoms with Gasteiger partial charge in [-0.2, -0.15) is 0 Å². The molecule has 0 radical (unpaired) electrons. The first-order chi connectivity index (χ1) is 17.9. The van der Waals surface area contributed by atoms with E-state index in [0.29, 0.717) is 11.1 Å². The SMILES string of the molecule is C=CC(Oc1ccc(C=Cc2cc(-c3ccc(F)cc3)ccc2C(=O)O)cc1[N+](=O)[O-])C1CCCCC1. The number of carboxylic acid groups (broad SMARTS) is 1. The Balaban J connectivity index is 1.62. The van der Waals surface area contributed by atoms with E-state index < -0.39 is 10.9 Å². The number of hydrogen-bond acceptors (Lipinski definition) is 4. The minimum Gasteiger partial charge on any atom is -0.479 e. The lowest BCUT2D eigenvalue weighted by Gasteiger charge is -2.28. The lowest BCUT2D eigenvalue weighted by molar-refractivity contribution is -0.386. The smallest absolute Gasteiger partial charge is 0.336 e. The third-order valence-corrected chi connectivity index (χ3v) is 6.70. The van der Waals surface area contributed by atoms with Gasteiger partial charge in [0.05, 0.1) is 10.5 Å². The largest absolute Gasteiger partial charge is 0.479 e. The molecule has 3 aromatic rings. The standard InChI is InChI=1S/C30H28FNO5/c1-2-28(22-6-4-3-5-7-22)37-29-17-9-20(18-27(29)32(35)36)8-10-24-19-23(13-16-26(24)30(33)34)21-11-14-25(31)15-12-21/h2,8-19,22,28H,1,3-7H2,(H,33,34). The maximum atomic E-state index is 13.3. The highest BCUT2D eigenvalue weighted by atomic mass is 19.1. The summed E-state index contributed by atoms with van der Waals surface area (Å²) in [5.41, 5.74) is 2.32. The van der Waals surface area contributed by atoms with Gasteiger partial charge in [0, 0.05) is 6.07 Å². The van der Waals surface area contributed by atoms with E-state index in [1.165, 1.54) is 30.7 Å². The van der Waals surface area contributed by atoms with Gasteiger partial charge in [-0.15, -0.1) is 0 Å². The van der Waals surface area contributed by atoms with Crippen LogP contribution in [-0.4, -0.2) is 22.1 Å². The molecule has 3 aromatic carbocycles. The number of hydrogen-bond donors (Lipinski definition) is 1. The summed E-state index contributed by atoms with van der Waals surface area (Å²) in [5.74, 6) is -0.994. The first-order valence-corrected chi connectivity index (χ1v) is 12.2. The number of nitro groups is 1. The minimum absolute atomic E-state index is 0.0814. The number of carboxylic acids is 1. The van der Waals surface area contributed by atoms with Gasteiger partial charge in [0.1, 0.15) is 11.9 Å². The Morgan fingerprint density at radius 1 is 1.03 bits per heavy atom. The van der Waals surface area contributed by atoms with Gasteiger partial charge >= 0.3 is 11.7 Å². The van der Waals surface area contributed by atoms with Gasteiger partial charge < -0.3 is 9.84 Å². The zero-order chi connectivity index (χ0) is 26.4. The van der Waals surface area contributed by atoms with Crippen molar-refractivity contribution in [2.45, 2.75) is 38.2 Å². The van der Waals surface area contributed by atoms with Crippen molar-refractivity contribution in [1.29, 1.82) is 0 Å². The van der Waals surface area contributed by atoms with Gasteiger partial charge in [0.15, 0.2) is 5.75 Å². The fourth-order valence-electron chi connectivity index (χ4n) is 4.73. The molecule has 4 rings (SSSR count). The van der Waals surface area contributed by atoms with Crippen LogP contribution in [0.5, 0.6) is 5.75 Å². The zero-order valence-electron chi connectivity index (χ0n) is 20.3. The number of nitro benzene ring substituents is 1. The average molecular weight is 502 g/mol. The average Bonchev–Trinajstić information content (AvgIpc) is 2.91. The number of aromatic carboxylic acids is 1. The van der Waals surface area contributed by atoms with Crippen LogP contribution in [-0.2, 0) is 0 Å². The Morgan fingerprint density at radius 3 is 2.38 bits per heavy atom. The molecular weight excluding hydrogens is 473 g/mol. The van der Waals surface area contributed by atoms with E-state index in [2.05, 4.69) is 6.58 Å². The van der Waals surface area contributed by atoms with Crippen LogP contribution in [0.15, 0.2) is 73.3 Å². The summed E-state index contributed by atoms with van der Waals surface area (Å²) in [6.07, 6.45) is 10.1. The van der Waals surface area contributed by atoms with Crippen molar-refractivity contribution >= 4 is 23.8 Å². The molecule has 1 aliphatic carbocycles. The molecule has 1 aliphatic rings. The molecule has 0 aliphatic heterocycles.